The fraction of sp³-hybridized carbons (Fsp3) is 0.312. The summed E-state index contributed by atoms with van der Waals surface area (Å²) in [4.78, 5) is 23.0. The minimum atomic E-state index is -0.915. The molecule has 0 saturated carbocycles. The number of furan rings is 2. The first-order chi connectivity index (χ1) is 11.1. The fourth-order valence-corrected chi connectivity index (χ4v) is 2.54. The Labute approximate surface area is 132 Å². The summed E-state index contributed by atoms with van der Waals surface area (Å²) in [5, 5.41) is 14.4. The number of hydrazone groups is 1. The number of amides is 1. The molecule has 7 heteroatoms. The van der Waals surface area contributed by atoms with Crippen LogP contribution >= 0.6 is 0 Å². The van der Waals surface area contributed by atoms with Crippen LogP contribution in [0.5, 0.6) is 0 Å². The van der Waals surface area contributed by atoms with Gasteiger partial charge < -0.3 is 13.9 Å². The highest BCUT2D eigenvalue weighted by Gasteiger charge is 2.35. The molecular weight excluding hydrogens is 300 g/mol. The zero-order chi connectivity index (χ0) is 16.2. The van der Waals surface area contributed by atoms with Gasteiger partial charge in [-0.25, -0.2) is 5.01 Å². The van der Waals surface area contributed by atoms with Crippen LogP contribution in [-0.4, -0.2) is 27.7 Å². The molecule has 0 saturated heterocycles. The van der Waals surface area contributed by atoms with Crippen LogP contribution in [0.15, 0.2) is 50.7 Å². The van der Waals surface area contributed by atoms with Crippen molar-refractivity contribution in [1.29, 1.82) is 0 Å². The fourth-order valence-electron chi connectivity index (χ4n) is 2.54. The zero-order valence-corrected chi connectivity index (χ0v) is 12.3. The summed E-state index contributed by atoms with van der Waals surface area (Å²) in [6, 6.07) is 6.77. The van der Waals surface area contributed by atoms with Gasteiger partial charge in [0.05, 0.1) is 12.5 Å². The summed E-state index contributed by atoms with van der Waals surface area (Å²) in [5.41, 5.74) is 0.669. The Morgan fingerprint density at radius 2 is 2.00 bits per heavy atom. The Balaban J connectivity index is 1.77. The smallest absolute Gasteiger partial charge is 0.303 e. The van der Waals surface area contributed by atoms with E-state index in [4.69, 9.17) is 13.9 Å². The Kier molecular flexibility index (Phi) is 4.27. The van der Waals surface area contributed by atoms with Gasteiger partial charge in [-0.2, -0.15) is 5.10 Å². The SMILES string of the molecule is O=C(O)CCCC(=O)N1N=C(c2ccco2)CC1c1ccco1. The molecule has 0 bridgehead atoms. The van der Waals surface area contributed by atoms with Gasteiger partial charge in [0.2, 0.25) is 5.91 Å². The van der Waals surface area contributed by atoms with E-state index >= 15 is 0 Å². The van der Waals surface area contributed by atoms with Crippen LogP contribution in [-0.2, 0) is 9.59 Å². The van der Waals surface area contributed by atoms with Gasteiger partial charge >= 0.3 is 5.97 Å². The first-order valence-electron chi connectivity index (χ1n) is 7.34. The normalized spacial score (nSPS) is 17.3. The van der Waals surface area contributed by atoms with Crippen molar-refractivity contribution in [2.24, 2.45) is 5.10 Å². The Morgan fingerprint density at radius 3 is 2.65 bits per heavy atom. The average molecular weight is 316 g/mol. The van der Waals surface area contributed by atoms with E-state index in [-0.39, 0.29) is 31.2 Å². The second kappa shape index (κ2) is 6.51. The Hall–Kier alpha value is -2.83. The topological polar surface area (TPSA) is 96.2 Å². The maximum Gasteiger partial charge on any atom is 0.303 e. The second-order valence-corrected chi connectivity index (χ2v) is 5.24. The molecule has 1 atom stereocenters. The van der Waals surface area contributed by atoms with E-state index in [0.717, 1.165) is 0 Å². The average Bonchev–Trinajstić information content (AvgIpc) is 3.26. The molecule has 0 spiro atoms. The highest BCUT2D eigenvalue weighted by molar-refractivity contribution is 6.01. The predicted molar refractivity (Wildman–Crippen MR) is 79.6 cm³/mol. The summed E-state index contributed by atoms with van der Waals surface area (Å²) >= 11 is 0. The van der Waals surface area contributed by atoms with E-state index in [2.05, 4.69) is 5.10 Å². The molecule has 1 amide bonds. The molecule has 2 aromatic heterocycles. The van der Waals surface area contributed by atoms with Crippen molar-refractivity contribution in [1.82, 2.24) is 5.01 Å². The Bertz CT molecular complexity index is 703. The molecule has 3 heterocycles. The van der Waals surface area contributed by atoms with Gasteiger partial charge in [0.25, 0.3) is 0 Å². The third-order valence-corrected chi connectivity index (χ3v) is 3.62. The molecule has 1 aliphatic rings. The predicted octanol–water partition coefficient (Wildman–Crippen LogP) is 2.81. The van der Waals surface area contributed by atoms with Gasteiger partial charge in [-0.3, -0.25) is 9.59 Å². The molecule has 0 aliphatic carbocycles. The molecule has 1 N–H and O–H groups in total. The maximum atomic E-state index is 12.4. The van der Waals surface area contributed by atoms with Crippen molar-refractivity contribution >= 4 is 17.6 Å². The van der Waals surface area contributed by atoms with Gasteiger partial charge in [-0.05, 0) is 30.7 Å². The summed E-state index contributed by atoms with van der Waals surface area (Å²) in [6.07, 6.45) is 3.95. The number of rotatable bonds is 6. The number of carboxylic acids is 1. The minimum absolute atomic E-state index is 0.0419. The molecule has 120 valence electrons. The molecule has 1 unspecified atom stereocenters. The number of carbonyl (C=O) groups excluding carboxylic acids is 1. The Morgan fingerprint density at radius 1 is 1.22 bits per heavy atom. The molecular formula is C16H16N2O5. The molecule has 23 heavy (non-hydrogen) atoms. The highest BCUT2D eigenvalue weighted by atomic mass is 16.4. The third-order valence-electron chi connectivity index (χ3n) is 3.62. The van der Waals surface area contributed by atoms with Crippen LogP contribution in [0.25, 0.3) is 0 Å². The second-order valence-electron chi connectivity index (χ2n) is 5.24. The van der Waals surface area contributed by atoms with Gasteiger partial charge in [-0.15, -0.1) is 0 Å². The molecule has 0 fully saturated rings. The maximum absolute atomic E-state index is 12.4. The number of hydrogen-bond acceptors (Lipinski definition) is 5. The van der Waals surface area contributed by atoms with Crippen LogP contribution in [0.4, 0.5) is 0 Å². The molecule has 3 rings (SSSR count). The molecule has 0 radical (unpaired) electrons. The summed E-state index contributed by atoms with van der Waals surface area (Å²) in [6.45, 7) is 0. The van der Waals surface area contributed by atoms with Crippen molar-refractivity contribution in [3.63, 3.8) is 0 Å². The quantitative estimate of drug-likeness (QED) is 0.884. The number of aliphatic carboxylic acids is 1. The van der Waals surface area contributed by atoms with E-state index in [1.54, 1.807) is 36.8 Å². The van der Waals surface area contributed by atoms with Crippen molar-refractivity contribution in [3.8, 4) is 0 Å². The lowest BCUT2D eigenvalue weighted by atomic mass is 10.1. The first kappa shape index (κ1) is 15.1. The van der Waals surface area contributed by atoms with E-state index in [1.807, 2.05) is 0 Å². The van der Waals surface area contributed by atoms with Crippen molar-refractivity contribution in [2.45, 2.75) is 31.7 Å². The van der Waals surface area contributed by atoms with Crippen molar-refractivity contribution < 1.29 is 23.5 Å². The largest absolute Gasteiger partial charge is 0.481 e. The number of nitrogens with zero attached hydrogens (tertiary/aromatic N) is 2. The van der Waals surface area contributed by atoms with Crippen LogP contribution in [0, 0.1) is 0 Å². The van der Waals surface area contributed by atoms with Crippen molar-refractivity contribution in [3.05, 3.63) is 48.3 Å². The van der Waals surface area contributed by atoms with Crippen LogP contribution in [0.3, 0.4) is 0 Å². The number of hydrogen-bond donors (Lipinski definition) is 1. The van der Waals surface area contributed by atoms with Crippen LogP contribution in [0.2, 0.25) is 0 Å². The summed E-state index contributed by atoms with van der Waals surface area (Å²) in [7, 11) is 0. The number of carboxylic acid groups (broad SMARTS) is 1. The third kappa shape index (κ3) is 3.33. The van der Waals surface area contributed by atoms with Gasteiger partial charge in [0, 0.05) is 19.3 Å². The zero-order valence-electron chi connectivity index (χ0n) is 12.3. The van der Waals surface area contributed by atoms with E-state index in [0.29, 0.717) is 23.7 Å². The molecule has 2 aromatic rings. The lowest BCUT2D eigenvalue weighted by Gasteiger charge is -2.19. The van der Waals surface area contributed by atoms with Gasteiger partial charge in [-0.1, -0.05) is 0 Å². The molecule has 7 nitrogen and oxygen atoms in total. The lowest BCUT2D eigenvalue weighted by Crippen LogP contribution is -2.26. The first-order valence-corrected chi connectivity index (χ1v) is 7.34. The molecule has 0 aromatic carbocycles. The van der Waals surface area contributed by atoms with Gasteiger partial charge in [0.1, 0.15) is 23.3 Å². The summed E-state index contributed by atoms with van der Waals surface area (Å²) < 4.78 is 10.8. The minimum Gasteiger partial charge on any atom is -0.481 e. The highest BCUT2D eigenvalue weighted by Crippen LogP contribution is 2.33. The lowest BCUT2D eigenvalue weighted by molar-refractivity contribution is -0.137. The van der Waals surface area contributed by atoms with E-state index in [1.165, 1.54) is 5.01 Å². The van der Waals surface area contributed by atoms with E-state index in [9.17, 15) is 9.59 Å². The van der Waals surface area contributed by atoms with Gasteiger partial charge in [0.15, 0.2) is 0 Å². The monoisotopic (exact) mass is 316 g/mol. The van der Waals surface area contributed by atoms with E-state index < -0.39 is 5.97 Å². The van der Waals surface area contributed by atoms with Crippen LogP contribution < -0.4 is 0 Å². The standard InChI is InChI=1S/C16H16N2O5/c19-15(6-1-7-16(20)21)18-12(14-5-3-9-23-14)10-11(17-18)13-4-2-8-22-13/h2-5,8-9,12H,1,6-7,10H2,(H,20,21). The van der Waals surface area contributed by atoms with Crippen molar-refractivity contribution in [2.75, 3.05) is 0 Å². The summed E-state index contributed by atoms with van der Waals surface area (Å²) in [5.74, 6) is 0.111. The molecule has 1 aliphatic heterocycles. The van der Waals surface area contributed by atoms with Crippen LogP contribution in [0.1, 0.15) is 43.2 Å². The number of carbonyl (C=O) groups is 2.